The highest BCUT2D eigenvalue weighted by molar-refractivity contribution is 5.71. The van der Waals surface area contributed by atoms with Crippen LogP contribution in [0, 0.1) is 10.1 Å². The molecule has 0 aliphatic carbocycles. The number of nitrogens with zero attached hydrogens (tertiary/aromatic N) is 1. The van der Waals surface area contributed by atoms with Crippen LogP contribution in [-0.4, -0.2) is 46.4 Å². The van der Waals surface area contributed by atoms with Crippen LogP contribution in [0.5, 0.6) is 0 Å². The first kappa shape index (κ1) is 22.4. The first-order chi connectivity index (χ1) is 12.5. The van der Waals surface area contributed by atoms with Crippen LogP contribution < -0.4 is 5.32 Å². The van der Waals surface area contributed by atoms with Gasteiger partial charge in [-0.2, -0.15) is 0 Å². The van der Waals surface area contributed by atoms with Gasteiger partial charge in [0, 0.05) is 12.1 Å². The minimum absolute atomic E-state index is 0.0672. The van der Waals surface area contributed by atoms with E-state index in [2.05, 4.69) is 5.32 Å². The normalized spacial score (nSPS) is 13.4. The molecule has 0 aromatic heterocycles. The number of carbonyl (C=O) groups excluding carboxylic acids is 2. The van der Waals surface area contributed by atoms with E-state index in [0.29, 0.717) is 5.56 Å². The number of aliphatic hydroxyl groups is 1. The summed E-state index contributed by atoms with van der Waals surface area (Å²) in [6.07, 6.45) is -2.11. The lowest BCUT2D eigenvalue weighted by atomic mass is 9.99. The summed E-state index contributed by atoms with van der Waals surface area (Å²) in [4.78, 5) is 33.9. The van der Waals surface area contributed by atoms with Gasteiger partial charge in [0.25, 0.3) is 5.69 Å². The van der Waals surface area contributed by atoms with Gasteiger partial charge >= 0.3 is 12.1 Å². The highest BCUT2D eigenvalue weighted by Crippen LogP contribution is 2.16. The zero-order chi connectivity index (χ0) is 20.6. The van der Waals surface area contributed by atoms with E-state index in [1.807, 2.05) is 0 Å². The minimum Gasteiger partial charge on any atom is -0.466 e. The predicted molar refractivity (Wildman–Crippen MR) is 97.2 cm³/mol. The Bertz CT molecular complexity index is 653. The number of rotatable bonds is 8. The van der Waals surface area contributed by atoms with Crippen molar-refractivity contribution in [3.63, 3.8) is 0 Å². The summed E-state index contributed by atoms with van der Waals surface area (Å²) < 4.78 is 10.0. The Labute approximate surface area is 157 Å². The summed E-state index contributed by atoms with van der Waals surface area (Å²) in [7, 11) is 0. The number of nitro benzene ring substituents is 1. The maximum atomic E-state index is 12.1. The number of nitrogens with one attached hydrogen (secondary N) is 1. The summed E-state index contributed by atoms with van der Waals surface area (Å²) in [6, 6.07) is 4.87. The fourth-order valence-corrected chi connectivity index (χ4v) is 2.28. The van der Waals surface area contributed by atoms with Crippen molar-refractivity contribution in [3.8, 4) is 0 Å². The molecule has 0 aliphatic rings. The van der Waals surface area contributed by atoms with Crippen LogP contribution in [0.25, 0.3) is 0 Å². The van der Waals surface area contributed by atoms with Crippen molar-refractivity contribution >= 4 is 17.7 Å². The SMILES string of the molecule is CCOC(=O)C[C@H](O)[C@H](Cc1ccc([N+](=O)[O-])cc1)NC(=O)OC(C)(C)C. The van der Waals surface area contributed by atoms with Gasteiger partial charge in [0.15, 0.2) is 0 Å². The average Bonchev–Trinajstić information content (AvgIpc) is 2.53. The zero-order valence-electron chi connectivity index (χ0n) is 15.9. The van der Waals surface area contributed by atoms with Crippen molar-refractivity contribution in [2.24, 2.45) is 0 Å². The highest BCUT2D eigenvalue weighted by Gasteiger charge is 2.27. The lowest BCUT2D eigenvalue weighted by molar-refractivity contribution is -0.384. The molecule has 0 fully saturated rings. The number of esters is 1. The van der Waals surface area contributed by atoms with Crippen LogP contribution in [0.15, 0.2) is 24.3 Å². The molecule has 0 spiro atoms. The van der Waals surface area contributed by atoms with E-state index in [4.69, 9.17) is 9.47 Å². The topological polar surface area (TPSA) is 128 Å². The van der Waals surface area contributed by atoms with Gasteiger partial charge in [0.2, 0.25) is 0 Å². The van der Waals surface area contributed by atoms with Crippen LogP contribution in [0.2, 0.25) is 0 Å². The summed E-state index contributed by atoms with van der Waals surface area (Å²) in [5.41, 5.74) is -0.152. The van der Waals surface area contributed by atoms with Crippen molar-refractivity contribution < 1.29 is 29.1 Å². The Balaban J connectivity index is 2.89. The fourth-order valence-electron chi connectivity index (χ4n) is 2.28. The number of hydrogen-bond donors (Lipinski definition) is 2. The van der Waals surface area contributed by atoms with Gasteiger partial charge in [-0.3, -0.25) is 14.9 Å². The maximum Gasteiger partial charge on any atom is 0.407 e. The van der Waals surface area contributed by atoms with Crippen molar-refractivity contribution in [1.82, 2.24) is 5.32 Å². The third-order valence-electron chi connectivity index (χ3n) is 3.45. The molecule has 0 bridgehead atoms. The molecule has 1 aromatic carbocycles. The Hall–Kier alpha value is -2.68. The second-order valence-electron chi connectivity index (χ2n) is 6.96. The predicted octanol–water partition coefficient (Wildman–Crippen LogP) is 2.34. The molecule has 2 N–H and O–H groups in total. The highest BCUT2D eigenvalue weighted by atomic mass is 16.6. The number of alkyl carbamates (subject to hydrolysis) is 1. The number of amides is 1. The molecule has 1 aromatic rings. The van der Waals surface area contributed by atoms with Gasteiger partial charge in [-0.05, 0) is 39.7 Å². The molecular formula is C18H26N2O7. The molecule has 0 unspecified atom stereocenters. The van der Waals surface area contributed by atoms with Crippen molar-refractivity contribution in [3.05, 3.63) is 39.9 Å². The van der Waals surface area contributed by atoms with Gasteiger partial charge < -0.3 is 19.9 Å². The molecule has 1 rings (SSSR count). The second-order valence-corrected chi connectivity index (χ2v) is 6.96. The van der Waals surface area contributed by atoms with Crippen molar-refractivity contribution in [2.75, 3.05) is 6.61 Å². The van der Waals surface area contributed by atoms with Crippen LogP contribution in [0.1, 0.15) is 39.7 Å². The smallest absolute Gasteiger partial charge is 0.407 e. The van der Waals surface area contributed by atoms with Gasteiger partial charge in [-0.1, -0.05) is 12.1 Å². The molecule has 9 heteroatoms. The molecular weight excluding hydrogens is 356 g/mol. The Kier molecular flexibility index (Phi) is 8.17. The molecule has 0 heterocycles. The van der Waals surface area contributed by atoms with E-state index in [1.165, 1.54) is 24.3 Å². The minimum atomic E-state index is -1.22. The molecule has 0 radical (unpaired) electrons. The van der Waals surface area contributed by atoms with Gasteiger partial charge in [-0.25, -0.2) is 4.79 Å². The standard InChI is InChI=1S/C18H26N2O7/c1-5-26-16(22)11-15(21)14(19-17(23)27-18(2,3)4)10-12-6-8-13(9-7-12)20(24)25/h6-9,14-15,21H,5,10-11H2,1-4H3,(H,19,23)/t14-,15-/m0/s1. The largest absolute Gasteiger partial charge is 0.466 e. The van der Waals surface area contributed by atoms with E-state index in [0.717, 1.165) is 0 Å². The Morgan fingerprint density at radius 2 is 1.85 bits per heavy atom. The number of benzene rings is 1. The van der Waals surface area contributed by atoms with E-state index < -0.39 is 34.7 Å². The third kappa shape index (κ3) is 8.50. The van der Waals surface area contributed by atoms with E-state index in [-0.39, 0.29) is 25.1 Å². The first-order valence-corrected chi connectivity index (χ1v) is 8.58. The summed E-state index contributed by atoms with van der Waals surface area (Å²) >= 11 is 0. The Morgan fingerprint density at radius 3 is 2.33 bits per heavy atom. The molecule has 0 aliphatic heterocycles. The molecule has 0 saturated carbocycles. The van der Waals surface area contributed by atoms with Crippen LogP contribution in [0.3, 0.4) is 0 Å². The number of hydrogen-bond acceptors (Lipinski definition) is 7. The molecule has 150 valence electrons. The monoisotopic (exact) mass is 382 g/mol. The van der Waals surface area contributed by atoms with E-state index in [1.54, 1.807) is 27.7 Å². The van der Waals surface area contributed by atoms with Crippen LogP contribution in [-0.2, 0) is 20.7 Å². The fraction of sp³-hybridized carbons (Fsp3) is 0.556. The number of ether oxygens (including phenoxy) is 2. The number of aliphatic hydroxyl groups excluding tert-OH is 1. The second kappa shape index (κ2) is 9.86. The molecule has 2 atom stereocenters. The third-order valence-corrected chi connectivity index (χ3v) is 3.45. The van der Waals surface area contributed by atoms with E-state index in [9.17, 15) is 24.8 Å². The lowest BCUT2D eigenvalue weighted by Crippen LogP contribution is -2.47. The number of nitro groups is 1. The lowest BCUT2D eigenvalue weighted by Gasteiger charge is -2.26. The number of non-ortho nitro benzene ring substituents is 1. The molecule has 9 nitrogen and oxygen atoms in total. The summed E-state index contributed by atoms with van der Waals surface area (Å²) in [6.45, 7) is 6.93. The summed E-state index contributed by atoms with van der Waals surface area (Å²) in [5.74, 6) is -0.593. The average molecular weight is 382 g/mol. The van der Waals surface area contributed by atoms with Crippen LogP contribution in [0.4, 0.5) is 10.5 Å². The molecule has 1 amide bonds. The van der Waals surface area contributed by atoms with Crippen molar-refractivity contribution in [2.45, 2.75) is 58.3 Å². The quantitative estimate of drug-likeness (QED) is 0.401. The zero-order valence-corrected chi connectivity index (χ0v) is 15.9. The van der Waals surface area contributed by atoms with E-state index >= 15 is 0 Å². The molecule has 27 heavy (non-hydrogen) atoms. The number of carbonyl (C=O) groups is 2. The first-order valence-electron chi connectivity index (χ1n) is 8.58. The Morgan fingerprint density at radius 1 is 1.26 bits per heavy atom. The van der Waals surface area contributed by atoms with Crippen molar-refractivity contribution in [1.29, 1.82) is 0 Å². The maximum absolute atomic E-state index is 12.1. The van der Waals surface area contributed by atoms with Gasteiger partial charge in [0.1, 0.15) is 5.60 Å². The summed E-state index contributed by atoms with van der Waals surface area (Å²) in [5, 5.41) is 23.7. The van der Waals surface area contributed by atoms with Crippen LogP contribution >= 0.6 is 0 Å². The molecule has 0 saturated heterocycles. The van der Waals surface area contributed by atoms with Gasteiger partial charge in [-0.15, -0.1) is 0 Å². The van der Waals surface area contributed by atoms with Gasteiger partial charge in [0.05, 0.1) is 30.1 Å².